The normalized spacial score (nSPS) is 36.2. The standard InChI is InChI=1S/C13H16O2/c1-7-5-10-11(14)8(2)9(3)12(15)13(10,4)6-7/h10H,1,5-6H2,2-4H3/t10-,13-/m0/s1. The van der Waals surface area contributed by atoms with Gasteiger partial charge in [-0.1, -0.05) is 19.1 Å². The fraction of sp³-hybridized carbons (Fsp3) is 0.538. The van der Waals surface area contributed by atoms with Gasteiger partial charge in [0.15, 0.2) is 11.6 Å². The lowest BCUT2D eigenvalue weighted by atomic mass is 9.66. The van der Waals surface area contributed by atoms with Crippen molar-refractivity contribution < 1.29 is 9.59 Å². The molecular formula is C13H16O2. The lowest BCUT2D eigenvalue weighted by Crippen LogP contribution is -2.41. The molecule has 0 heterocycles. The minimum absolute atomic E-state index is 0.142. The van der Waals surface area contributed by atoms with Gasteiger partial charge in [0, 0.05) is 11.3 Å². The summed E-state index contributed by atoms with van der Waals surface area (Å²) in [5, 5.41) is 0. The number of rotatable bonds is 0. The Balaban J connectivity index is 2.58. The number of Topliss-reactive ketones (excluding diaryl/α,β-unsaturated/α-hetero) is 2. The molecule has 0 N–H and O–H groups in total. The average Bonchev–Trinajstić information content (AvgIpc) is 2.49. The fourth-order valence-electron chi connectivity index (χ4n) is 2.89. The Labute approximate surface area is 90.1 Å². The van der Waals surface area contributed by atoms with Gasteiger partial charge in [-0.15, -0.1) is 0 Å². The Kier molecular flexibility index (Phi) is 2.00. The van der Waals surface area contributed by atoms with Crippen LogP contribution in [0.3, 0.4) is 0 Å². The lowest BCUT2D eigenvalue weighted by Gasteiger charge is -2.34. The maximum atomic E-state index is 12.2. The van der Waals surface area contributed by atoms with Crippen LogP contribution in [0.1, 0.15) is 33.6 Å². The second-order valence-corrected chi connectivity index (χ2v) is 5.04. The van der Waals surface area contributed by atoms with Gasteiger partial charge in [-0.25, -0.2) is 0 Å². The van der Waals surface area contributed by atoms with Gasteiger partial charge < -0.3 is 0 Å². The van der Waals surface area contributed by atoms with Crippen molar-refractivity contribution in [2.45, 2.75) is 33.6 Å². The van der Waals surface area contributed by atoms with Crippen LogP contribution in [0.2, 0.25) is 0 Å². The fourth-order valence-corrected chi connectivity index (χ4v) is 2.89. The van der Waals surface area contributed by atoms with Crippen LogP contribution in [0, 0.1) is 11.3 Å². The summed E-state index contributed by atoms with van der Waals surface area (Å²) in [6, 6.07) is 0. The number of allylic oxidation sites excluding steroid dienone is 3. The van der Waals surface area contributed by atoms with Crippen LogP contribution in [0.4, 0.5) is 0 Å². The van der Waals surface area contributed by atoms with Gasteiger partial charge in [0.1, 0.15) is 0 Å². The molecule has 0 saturated heterocycles. The second kappa shape index (κ2) is 2.91. The third kappa shape index (κ3) is 1.17. The van der Waals surface area contributed by atoms with E-state index in [1.807, 2.05) is 6.92 Å². The predicted octanol–water partition coefficient (Wildman–Crippen LogP) is 2.45. The maximum absolute atomic E-state index is 12.2. The van der Waals surface area contributed by atoms with Crippen LogP contribution in [-0.2, 0) is 9.59 Å². The number of fused-ring (bicyclic) bond motifs is 1. The van der Waals surface area contributed by atoms with Crippen molar-refractivity contribution in [3.05, 3.63) is 23.3 Å². The van der Waals surface area contributed by atoms with Crippen molar-refractivity contribution in [1.29, 1.82) is 0 Å². The van der Waals surface area contributed by atoms with E-state index < -0.39 is 5.41 Å². The van der Waals surface area contributed by atoms with Gasteiger partial charge in [-0.3, -0.25) is 9.59 Å². The van der Waals surface area contributed by atoms with E-state index in [1.165, 1.54) is 0 Å². The Morgan fingerprint density at radius 3 is 2.47 bits per heavy atom. The van der Waals surface area contributed by atoms with Crippen LogP contribution in [0.15, 0.2) is 23.3 Å². The monoisotopic (exact) mass is 204 g/mol. The van der Waals surface area contributed by atoms with Gasteiger partial charge in [-0.2, -0.15) is 0 Å². The molecule has 0 aromatic rings. The summed E-state index contributed by atoms with van der Waals surface area (Å²) in [5.41, 5.74) is 1.83. The van der Waals surface area contributed by atoms with Crippen LogP contribution < -0.4 is 0 Å². The van der Waals surface area contributed by atoms with E-state index in [0.29, 0.717) is 24.0 Å². The molecule has 2 rings (SSSR count). The quantitative estimate of drug-likeness (QED) is 0.568. The molecule has 80 valence electrons. The molecule has 1 fully saturated rings. The van der Waals surface area contributed by atoms with Gasteiger partial charge in [0.05, 0.1) is 0 Å². The molecule has 1 saturated carbocycles. The third-order valence-corrected chi connectivity index (χ3v) is 3.99. The van der Waals surface area contributed by atoms with Crippen molar-refractivity contribution >= 4 is 11.6 Å². The van der Waals surface area contributed by atoms with Gasteiger partial charge >= 0.3 is 0 Å². The predicted molar refractivity (Wildman–Crippen MR) is 58.4 cm³/mol. The molecule has 0 aliphatic heterocycles. The molecule has 0 bridgehead atoms. The van der Waals surface area contributed by atoms with Crippen molar-refractivity contribution in [1.82, 2.24) is 0 Å². The second-order valence-electron chi connectivity index (χ2n) is 5.04. The number of hydrogen-bond acceptors (Lipinski definition) is 2. The highest BCUT2D eigenvalue weighted by Gasteiger charge is 2.53. The van der Waals surface area contributed by atoms with Crippen LogP contribution in [-0.4, -0.2) is 11.6 Å². The Morgan fingerprint density at radius 2 is 1.87 bits per heavy atom. The summed E-state index contributed by atoms with van der Waals surface area (Å²) >= 11 is 0. The molecule has 2 aliphatic carbocycles. The van der Waals surface area contributed by atoms with Crippen LogP contribution >= 0.6 is 0 Å². The summed E-state index contributed by atoms with van der Waals surface area (Å²) in [5.74, 6) is 0.137. The Morgan fingerprint density at radius 1 is 1.27 bits per heavy atom. The third-order valence-electron chi connectivity index (χ3n) is 3.99. The first-order chi connectivity index (χ1) is 6.88. The summed E-state index contributed by atoms with van der Waals surface area (Å²) in [4.78, 5) is 24.2. The van der Waals surface area contributed by atoms with E-state index in [2.05, 4.69) is 6.58 Å². The van der Waals surface area contributed by atoms with Crippen molar-refractivity contribution in [3.63, 3.8) is 0 Å². The van der Waals surface area contributed by atoms with E-state index in [0.717, 1.165) is 5.57 Å². The zero-order chi connectivity index (χ0) is 11.4. The summed E-state index contributed by atoms with van der Waals surface area (Å²) in [6.45, 7) is 9.35. The first kappa shape index (κ1) is 10.3. The van der Waals surface area contributed by atoms with Gasteiger partial charge in [0.2, 0.25) is 0 Å². The topological polar surface area (TPSA) is 34.1 Å². The van der Waals surface area contributed by atoms with Crippen molar-refractivity contribution in [3.8, 4) is 0 Å². The minimum atomic E-state index is -0.502. The average molecular weight is 204 g/mol. The van der Waals surface area contributed by atoms with E-state index >= 15 is 0 Å². The molecule has 0 amide bonds. The molecule has 0 unspecified atom stereocenters. The zero-order valence-corrected chi connectivity index (χ0v) is 9.52. The molecule has 2 nitrogen and oxygen atoms in total. The summed E-state index contributed by atoms with van der Waals surface area (Å²) in [6.07, 6.45) is 1.36. The zero-order valence-electron chi connectivity index (χ0n) is 9.52. The van der Waals surface area contributed by atoms with E-state index in [9.17, 15) is 9.59 Å². The maximum Gasteiger partial charge on any atom is 0.165 e. The Hall–Kier alpha value is -1.18. The summed E-state index contributed by atoms with van der Waals surface area (Å²) in [7, 11) is 0. The molecule has 0 aromatic heterocycles. The molecule has 0 spiro atoms. The summed E-state index contributed by atoms with van der Waals surface area (Å²) < 4.78 is 0. The molecule has 2 heteroatoms. The SMILES string of the molecule is C=C1C[C@H]2C(=O)C(C)=C(C)C(=O)[C@@]2(C)C1. The highest BCUT2D eigenvalue weighted by atomic mass is 16.1. The molecule has 2 atom stereocenters. The van der Waals surface area contributed by atoms with Crippen LogP contribution in [0.5, 0.6) is 0 Å². The van der Waals surface area contributed by atoms with E-state index in [4.69, 9.17) is 0 Å². The molecule has 0 aromatic carbocycles. The highest BCUT2D eigenvalue weighted by Crippen LogP contribution is 2.51. The minimum Gasteiger partial charge on any atom is -0.294 e. The van der Waals surface area contributed by atoms with Crippen molar-refractivity contribution in [2.75, 3.05) is 0 Å². The lowest BCUT2D eigenvalue weighted by molar-refractivity contribution is -0.134. The number of ketones is 2. The van der Waals surface area contributed by atoms with Gasteiger partial charge in [-0.05, 0) is 37.8 Å². The Bertz CT molecular complexity index is 414. The molecular weight excluding hydrogens is 188 g/mol. The molecule has 0 radical (unpaired) electrons. The number of carbonyl (C=O) groups excluding carboxylic acids is 2. The smallest absolute Gasteiger partial charge is 0.165 e. The first-order valence-corrected chi connectivity index (χ1v) is 5.31. The number of carbonyl (C=O) groups is 2. The van der Waals surface area contributed by atoms with Crippen LogP contribution in [0.25, 0.3) is 0 Å². The first-order valence-electron chi connectivity index (χ1n) is 5.31. The van der Waals surface area contributed by atoms with E-state index in [1.54, 1.807) is 13.8 Å². The van der Waals surface area contributed by atoms with Gasteiger partial charge in [0.25, 0.3) is 0 Å². The van der Waals surface area contributed by atoms with E-state index in [-0.39, 0.29) is 17.5 Å². The van der Waals surface area contributed by atoms with Crippen molar-refractivity contribution in [2.24, 2.45) is 11.3 Å². The number of hydrogen-bond donors (Lipinski definition) is 0. The largest absolute Gasteiger partial charge is 0.294 e. The highest BCUT2D eigenvalue weighted by molar-refractivity contribution is 6.15. The molecule has 2 aliphatic rings. The molecule has 15 heavy (non-hydrogen) atoms.